The van der Waals surface area contributed by atoms with Gasteiger partial charge < -0.3 is 10.4 Å². The number of aliphatic hydroxyl groups excluding tert-OH is 1. The van der Waals surface area contributed by atoms with E-state index in [1.165, 1.54) is 19.3 Å². The van der Waals surface area contributed by atoms with Crippen molar-refractivity contribution in [3.8, 4) is 0 Å². The minimum absolute atomic E-state index is 0.00225. The van der Waals surface area contributed by atoms with Crippen LogP contribution in [0.25, 0.3) is 0 Å². The maximum atomic E-state index is 12.6. The predicted molar refractivity (Wildman–Crippen MR) is 105 cm³/mol. The second kappa shape index (κ2) is 9.54. The minimum atomic E-state index is -0.425. The van der Waals surface area contributed by atoms with Crippen molar-refractivity contribution in [2.45, 2.75) is 50.5 Å². The van der Waals surface area contributed by atoms with Crippen LogP contribution in [0.4, 0.5) is 0 Å². The van der Waals surface area contributed by atoms with Gasteiger partial charge in [0.1, 0.15) is 0 Å². The van der Waals surface area contributed by atoms with E-state index >= 15 is 0 Å². The third-order valence-electron chi connectivity index (χ3n) is 5.50. The first kappa shape index (κ1) is 18.7. The summed E-state index contributed by atoms with van der Waals surface area (Å²) in [5.74, 6) is 0.366. The van der Waals surface area contributed by atoms with Crippen LogP contribution < -0.4 is 5.32 Å². The van der Waals surface area contributed by atoms with E-state index in [1.54, 1.807) is 0 Å². The first-order chi connectivity index (χ1) is 12.7. The van der Waals surface area contributed by atoms with Crippen LogP contribution in [0.5, 0.6) is 0 Å². The SMILES string of the molecule is O=C(CC(c1ccccc1)c1ccccc1)NCC(O)C1CCCCC1. The van der Waals surface area contributed by atoms with E-state index in [1.807, 2.05) is 36.4 Å². The molecular formula is C23H29NO2. The Morgan fingerprint density at radius 3 is 2.00 bits per heavy atom. The summed E-state index contributed by atoms with van der Waals surface area (Å²) in [6, 6.07) is 20.3. The normalized spacial score (nSPS) is 16.4. The molecule has 0 aromatic heterocycles. The van der Waals surface area contributed by atoms with E-state index in [0.29, 0.717) is 18.9 Å². The Labute approximate surface area is 156 Å². The number of benzene rings is 2. The highest BCUT2D eigenvalue weighted by atomic mass is 16.3. The predicted octanol–water partition coefficient (Wildman–Crippen LogP) is 4.27. The molecule has 0 spiro atoms. The summed E-state index contributed by atoms with van der Waals surface area (Å²) < 4.78 is 0. The lowest BCUT2D eigenvalue weighted by Gasteiger charge is -2.27. The zero-order chi connectivity index (χ0) is 18.2. The molecule has 1 atom stereocenters. The molecule has 1 saturated carbocycles. The number of hydrogen-bond acceptors (Lipinski definition) is 2. The fourth-order valence-corrected chi connectivity index (χ4v) is 3.96. The van der Waals surface area contributed by atoms with Gasteiger partial charge in [-0.1, -0.05) is 79.9 Å². The molecule has 1 fully saturated rings. The van der Waals surface area contributed by atoms with E-state index in [-0.39, 0.29) is 11.8 Å². The average molecular weight is 351 g/mol. The van der Waals surface area contributed by atoms with Gasteiger partial charge in [-0.05, 0) is 29.9 Å². The molecule has 3 rings (SSSR count). The molecule has 0 heterocycles. The maximum Gasteiger partial charge on any atom is 0.221 e. The van der Waals surface area contributed by atoms with Gasteiger partial charge in [0.15, 0.2) is 0 Å². The van der Waals surface area contributed by atoms with Gasteiger partial charge >= 0.3 is 0 Å². The number of aliphatic hydroxyl groups is 1. The standard InChI is InChI=1S/C23H29NO2/c25-22(20-14-8-3-9-15-20)17-24-23(26)16-21(18-10-4-1-5-11-18)19-12-6-2-7-13-19/h1-2,4-7,10-13,20-22,25H,3,8-9,14-17H2,(H,24,26). The summed E-state index contributed by atoms with van der Waals surface area (Å²) in [7, 11) is 0. The zero-order valence-electron chi connectivity index (χ0n) is 15.3. The van der Waals surface area contributed by atoms with Crippen LogP contribution in [0.1, 0.15) is 55.6 Å². The smallest absolute Gasteiger partial charge is 0.221 e. The largest absolute Gasteiger partial charge is 0.391 e. The molecule has 0 aliphatic heterocycles. The van der Waals surface area contributed by atoms with Gasteiger partial charge in [0, 0.05) is 18.9 Å². The Morgan fingerprint density at radius 1 is 0.923 bits per heavy atom. The van der Waals surface area contributed by atoms with Gasteiger partial charge in [0.2, 0.25) is 5.91 Å². The number of amides is 1. The van der Waals surface area contributed by atoms with Gasteiger partial charge in [-0.25, -0.2) is 0 Å². The molecule has 138 valence electrons. The molecule has 0 saturated heterocycles. The molecule has 1 amide bonds. The monoisotopic (exact) mass is 351 g/mol. The molecule has 2 aromatic rings. The molecule has 1 aliphatic carbocycles. The Morgan fingerprint density at radius 2 is 1.46 bits per heavy atom. The molecule has 3 nitrogen and oxygen atoms in total. The molecule has 1 aliphatic rings. The summed E-state index contributed by atoms with van der Waals surface area (Å²) in [6.45, 7) is 0.361. The lowest BCUT2D eigenvalue weighted by Crippen LogP contribution is -2.37. The number of nitrogens with one attached hydrogen (secondary N) is 1. The quantitative estimate of drug-likeness (QED) is 0.783. The van der Waals surface area contributed by atoms with Gasteiger partial charge in [0.05, 0.1) is 6.10 Å². The first-order valence-corrected chi connectivity index (χ1v) is 9.78. The molecule has 0 bridgehead atoms. The highest BCUT2D eigenvalue weighted by molar-refractivity contribution is 5.77. The van der Waals surface area contributed by atoms with Crippen molar-refractivity contribution in [1.29, 1.82) is 0 Å². The fourth-order valence-electron chi connectivity index (χ4n) is 3.96. The first-order valence-electron chi connectivity index (χ1n) is 9.78. The van der Waals surface area contributed by atoms with Gasteiger partial charge in [-0.2, -0.15) is 0 Å². The summed E-state index contributed by atoms with van der Waals surface area (Å²) in [6.07, 6.45) is 5.78. The van der Waals surface area contributed by atoms with Crippen molar-refractivity contribution in [3.63, 3.8) is 0 Å². The Kier molecular flexibility index (Phi) is 6.84. The third kappa shape index (κ3) is 5.18. The Balaban J connectivity index is 1.60. The van der Waals surface area contributed by atoms with Crippen molar-refractivity contribution in [2.24, 2.45) is 5.92 Å². The van der Waals surface area contributed by atoms with Gasteiger partial charge in [-0.3, -0.25) is 4.79 Å². The molecule has 0 radical (unpaired) electrons. The van der Waals surface area contributed by atoms with Crippen molar-refractivity contribution >= 4 is 5.91 Å². The zero-order valence-corrected chi connectivity index (χ0v) is 15.3. The highest BCUT2D eigenvalue weighted by Crippen LogP contribution is 2.28. The average Bonchev–Trinajstić information content (AvgIpc) is 2.72. The van der Waals surface area contributed by atoms with E-state index < -0.39 is 6.10 Å². The van der Waals surface area contributed by atoms with Crippen LogP contribution in [0, 0.1) is 5.92 Å². The van der Waals surface area contributed by atoms with Crippen LogP contribution in [0.15, 0.2) is 60.7 Å². The van der Waals surface area contributed by atoms with E-state index in [9.17, 15) is 9.90 Å². The van der Waals surface area contributed by atoms with Crippen molar-refractivity contribution in [1.82, 2.24) is 5.32 Å². The summed E-state index contributed by atoms with van der Waals surface area (Å²) >= 11 is 0. The third-order valence-corrected chi connectivity index (χ3v) is 5.50. The van der Waals surface area contributed by atoms with Gasteiger partial charge in [0.25, 0.3) is 0 Å². The number of carbonyl (C=O) groups excluding carboxylic acids is 1. The maximum absolute atomic E-state index is 12.6. The van der Waals surface area contributed by atoms with Crippen LogP contribution in [0.3, 0.4) is 0 Å². The molecule has 2 aromatic carbocycles. The lowest BCUT2D eigenvalue weighted by molar-refractivity contribution is -0.122. The highest BCUT2D eigenvalue weighted by Gasteiger charge is 2.23. The lowest BCUT2D eigenvalue weighted by atomic mass is 9.85. The molecule has 1 unspecified atom stereocenters. The van der Waals surface area contributed by atoms with Crippen LogP contribution in [0.2, 0.25) is 0 Å². The van der Waals surface area contributed by atoms with Crippen molar-refractivity contribution in [3.05, 3.63) is 71.8 Å². The number of rotatable bonds is 7. The number of carbonyl (C=O) groups is 1. The summed E-state index contributed by atoms with van der Waals surface area (Å²) in [5, 5.41) is 13.3. The molecular weight excluding hydrogens is 322 g/mol. The Bertz CT molecular complexity index is 626. The fraction of sp³-hybridized carbons (Fsp3) is 0.435. The van der Waals surface area contributed by atoms with Crippen molar-refractivity contribution < 1.29 is 9.90 Å². The van der Waals surface area contributed by atoms with Crippen LogP contribution >= 0.6 is 0 Å². The van der Waals surface area contributed by atoms with Gasteiger partial charge in [-0.15, -0.1) is 0 Å². The van der Waals surface area contributed by atoms with E-state index in [4.69, 9.17) is 0 Å². The van der Waals surface area contributed by atoms with Crippen molar-refractivity contribution in [2.75, 3.05) is 6.54 Å². The summed E-state index contributed by atoms with van der Waals surface area (Å²) in [5.41, 5.74) is 2.28. The van der Waals surface area contributed by atoms with E-state index in [2.05, 4.69) is 29.6 Å². The number of hydrogen-bond donors (Lipinski definition) is 2. The molecule has 3 heteroatoms. The molecule has 26 heavy (non-hydrogen) atoms. The molecule has 2 N–H and O–H groups in total. The summed E-state index contributed by atoms with van der Waals surface area (Å²) in [4.78, 5) is 12.6. The van der Waals surface area contributed by atoms with Crippen LogP contribution in [-0.4, -0.2) is 23.7 Å². The topological polar surface area (TPSA) is 49.3 Å². The van der Waals surface area contributed by atoms with Crippen LogP contribution in [-0.2, 0) is 4.79 Å². The minimum Gasteiger partial charge on any atom is -0.391 e. The second-order valence-electron chi connectivity index (χ2n) is 7.35. The second-order valence-corrected chi connectivity index (χ2v) is 7.35. The Hall–Kier alpha value is -2.13. The van der Waals surface area contributed by atoms with E-state index in [0.717, 1.165) is 24.0 Å².